The monoisotopic (exact) mass is 150 g/mol. The molecule has 11 heavy (non-hydrogen) atoms. The van der Waals surface area contributed by atoms with Crippen LogP contribution in [0.2, 0.25) is 0 Å². The van der Waals surface area contributed by atoms with Crippen molar-refractivity contribution in [1.29, 1.82) is 0 Å². The number of rotatable bonds is 0. The summed E-state index contributed by atoms with van der Waals surface area (Å²) in [6, 6.07) is 0. The van der Waals surface area contributed by atoms with Gasteiger partial charge in [-0.25, -0.2) is 0 Å². The normalized spacial score (nSPS) is 60.3. The first-order chi connectivity index (χ1) is 5.28. The average Bonchev–Trinajstić information content (AvgIpc) is 2.36. The van der Waals surface area contributed by atoms with Crippen molar-refractivity contribution in [3.05, 3.63) is 0 Å². The summed E-state index contributed by atoms with van der Waals surface area (Å²) in [5.74, 6) is 3.47. The Morgan fingerprint density at radius 2 is 1.91 bits per heavy atom. The largest absolute Gasteiger partial charge is 0.0594 e. The van der Waals surface area contributed by atoms with Crippen LogP contribution in [0.3, 0.4) is 0 Å². The van der Waals surface area contributed by atoms with Gasteiger partial charge in [0.25, 0.3) is 0 Å². The summed E-state index contributed by atoms with van der Waals surface area (Å²) in [4.78, 5) is 0. The van der Waals surface area contributed by atoms with E-state index < -0.39 is 0 Å². The second kappa shape index (κ2) is 1.84. The van der Waals surface area contributed by atoms with Gasteiger partial charge in [0.05, 0.1) is 0 Å². The molecule has 0 aromatic carbocycles. The molecule has 0 bridgehead atoms. The van der Waals surface area contributed by atoms with Gasteiger partial charge in [-0.05, 0) is 42.4 Å². The molecule has 62 valence electrons. The lowest BCUT2D eigenvalue weighted by Crippen LogP contribution is -2.20. The lowest BCUT2D eigenvalue weighted by Gasteiger charge is -2.29. The van der Waals surface area contributed by atoms with E-state index in [1.54, 1.807) is 32.1 Å². The van der Waals surface area contributed by atoms with Gasteiger partial charge in [0.1, 0.15) is 0 Å². The molecule has 0 N–H and O–H groups in total. The van der Waals surface area contributed by atoms with Gasteiger partial charge >= 0.3 is 0 Å². The number of hydrogen-bond donors (Lipinski definition) is 0. The van der Waals surface area contributed by atoms with E-state index >= 15 is 0 Å². The van der Waals surface area contributed by atoms with Crippen LogP contribution in [0.1, 0.15) is 45.4 Å². The summed E-state index contributed by atoms with van der Waals surface area (Å²) < 4.78 is 0. The fourth-order valence-electron chi connectivity index (χ4n) is 3.78. The van der Waals surface area contributed by atoms with Gasteiger partial charge in [0.15, 0.2) is 0 Å². The van der Waals surface area contributed by atoms with Crippen molar-refractivity contribution in [2.75, 3.05) is 0 Å². The zero-order valence-electron chi connectivity index (χ0n) is 7.47. The maximum atomic E-state index is 2.52. The first kappa shape index (κ1) is 6.51. The zero-order valence-corrected chi connectivity index (χ0v) is 7.47. The molecule has 3 aliphatic carbocycles. The van der Waals surface area contributed by atoms with Crippen LogP contribution in [-0.4, -0.2) is 0 Å². The van der Waals surface area contributed by atoms with E-state index in [0.29, 0.717) is 0 Å². The van der Waals surface area contributed by atoms with Crippen molar-refractivity contribution < 1.29 is 0 Å². The highest BCUT2D eigenvalue weighted by atomic mass is 14.6. The van der Waals surface area contributed by atoms with Crippen LogP contribution < -0.4 is 0 Å². The molecular weight excluding hydrogens is 132 g/mol. The Bertz CT molecular complexity index is 184. The van der Waals surface area contributed by atoms with Crippen LogP contribution in [0, 0.1) is 23.2 Å². The molecule has 0 radical (unpaired) electrons. The van der Waals surface area contributed by atoms with Crippen molar-refractivity contribution in [2.45, 2.75) is 45.4 Å². The van der Waals surface area contributed by atoms with E-state index in [0.717, 1.165) is 23.2 Å². The van der Waals surface area contributed by atoms with E-state index in [1.165, 1.54) is 6.42 Å². The van der Waals surface area contributed by atoms with Gasteiger partial charge in [0.2, 0.25) is 0 Å². The molecule has 0 aromatic rings. The molecule has 4 unspecified atom stereocenters. The van der Waals surface area contributed by atoms with Gasteiger partial charge < -0.3 is 0 Å². The molecule has 0 heteroatoms. The lowest BCUT2D eigenvalue weighted by molar-refractivity contribution is 0.211. The van der Waals surface area contributed by atoms with Crippen molar-refractivity contribution in [2.24, 2.45) is 23.2 Å². The highest BCUT2D eigenvalue weighted by molar-refractivity contribution is 5.06. The SMILES string of the molecule is CC12CC3CCCC3CC1C2. The molecular formula is C11H18. The van der Waals surface area contributed by atoms with Gasteiger partial charge in [-0.1, -0.05) is 26.2 Å². The van der Waals surface area contributed by atoms with Crippen LogP contribution in [0.4, 0.5) is 0 Å². The molecule has 0 spiro atoms. The van der Waals surface area contributed by atoms with Crippen LogP contribution in [0.15, 0.2) is 0 Å². The Kier molecular flexibility index (Phi) is 1.09. The Hall–Kier alpha value is 0. The average molecular weight is 150 g/mol. The van der Waals surface area contributed by atoms with Crippen LogP contribution >= 0.6 is 0 Å². The van der Waals surface area contributed by atoms with E-state index in [9.17, 15) is 0 Å². The first-order valence-corrected chi connectivity index (χ1v) is 5.28. The highest BCUT2D eigenvalue weighted by Gasteiger charge is 2.56. The fourth-order valence-corrected chi connectivity index (χ4v) is 3.78. The third kappa shape index (κ3) is 0.816. The van der Waals surface area contributed by atoms with Crippen LogP contribution in [0.5, 0.6) is 0 Å². The molecule has 3 fully saturated rings. The Labute approximate surface area is 69.4 Å². The molecule has 3 rings (SSSR count). The Balaban J connectivity index is 1.81. The summed E-state index contributed by atoms with van der Waals surface area (Å²) in [6.45, 7) is 2.52. The maximum Gasteiger partial charge on any atom is -0.0292 e. The Morgan fingerprint density at radius 1 is 1.09 bits per heavy atom. The zero-order chi connectivity index (χ0) is 7.47. The topological polar surface area (TPSA) is 0 Å². The summed E-state index contributed by atoms with van der Waals surface area (Å²) in [6.07, 6.45) is 9.42. The smallest absolute Gasteiger partial charge is 0.0292 e. The van der Waals surface area contributed by atoms with E-state index in [4.69, 9.17) is 0 Å². The fraction of sp³-hybridized carbons (Fsp3) is 1.00. The predicted molar refractivity (Wildman–Crippen MR) is 46.3 cm³/mol. The molecule has 0 aliphatic heterocycles. The molecule has 0 nitrogen and oxygen atoms in total. The minimum absolute atomic E-state index is 0.839. The summed E-state index contributed by atoms with van der Waals surface area (Å²) in [5.41, 5.74) is 0.839. The van der Waals surface area contributed by atoms with E-state index in [-0.39, 0.29) is 0 Å². The molecule has 3 aliphatic rings. The quantitative estimate of drug-likeness (QED) is 0.497. The van der Waals surface area contributed by atoms with Crippen LogP contribution in [-0.2, 0) is 0 Å². The van der Waals surface area contributed by atoms with Gasteiger partial charge in [-0.3, -0.25) is 0 Å². The molecule has 0 aromatic heterocycles. The molecule has 3 saturated carbocycles. The van der Waals surface area contributed by atoms with E-state index in [1.807, 2.05) is 0 Å². The van der Waals surface area contributed by atoms with Gasteiger partial charge in [-0.2, -0.15) is 0 Å². The molecule has 0 amide bonds. The minimum Gasteiger partial charge on any atom is -0.0594 e. The standard InChI is InChI=1S/C11H18/c1-11-6-9-4-2-3-8(9)5-10(11)7-11/h8-10H,2-7H2,1H3. The Morgan fingerprint density at radius 3 is 2.82 bits per heavy atom. The first-order valence-electron chi connectivity index (χ1n) is 5.28. The maximum absolute atomic E-state index is 2.52. The summed E-state index contributed by atoms with van der Waals surface area (Å²) >= 11 is 0. The van der Waals surface area contributed by atoms with Crippen LogP contribution in [0.25, 0.3) is 0 Å². The minimum atomic E-state index is 0.839. The lowest BCUT2D eigenvalue weighted by atomic mass is 9.76. The third-order valence-electron chi connectivity index (χ3n) is 4.67. The summed E-state index contributed by atoms with van der Waals surface area (Å²) in [5, 5.41) is 0. The van der Waals surface area contributed by atoms with Crippen molar-refractivity contribution in [3.63, 3.8) is 0 Å². The van der Waals surface area contributed by atoms with Crippen molar-refractivity contribution >= 4 is 0 Å². The number of hydrogen-bond acceptors (Lipinski definition) is 0. The second-order valence-electron chi connectivity index (χ2n) is 5.45. The highest BCUT2D eigenvalue weighted by Crippen LogP contribution is 2.66. The summed E-state index contributed by atoms with van der Waals surface area (Å²) in [7, 11) is 0. The number of fused-ring (bicyclic) bond motifs is 2. The van der Waals surface area contributed by atoms with Gasteiger partial charge in [-0.15, -0.1) is 0 Å². The molecule has 0 heterocycles. The molecule has 0 saturated heterocycles. The van der Waals surface area contributed by atoms with Crippen molar-refractivity contribution in [1.82, 2.24) is 0 Å². The van der Waals surface area contributed by atoms with E-state index in [2.05, 4.69) is 6.92 Å². The molecule has 4 atom stereocenters. The van der Waals surface area contributed by atoms with Gasteiger partial charge in [0, 0.05) is 0 Å². The van der Waals surface area contributed by atoms with Crippen molar-refractivity contribution in [3.8, 4) is 0 Å². The predicted octanol–water partition coefficient (Wildman–Crippen LogP) is 3.22. The second-order valence-corrected chi connectivity index (χ2v) is 5.45. The third-order valence-corrected chi connectivity index (χ3v) is 4.67.